The van der Waals surface area contributed by atoms with E-state index in [9.17, 15) is 10.1 Å². The minimum absolute atomic E-state index is 0.295. The minimum atomic E-state index is -0.324. The molecular weight excluding hydrogens is 351 g/mol. The third-order valence-electron chi connectivity index (χ3n) is 4.03. The minimum Gasteiger partial charge on any atom is -0.312 e. The van der Waals surface area contributed by atoms with E-state index in [1.165, 1.54) is 22.3 Å². The smallest absolute Gasteiger partial charge is 0.257 e. The number of amides is 1. The molecule has 0 unspecified atom stereocenters. The predicted molar refractivity (Wildman–Crippen MR) is 94.6 cm³/mol. The summed E-state index contributed by atoms with van der Waals surface area (Å²) in [5, 5.41) is 13.7. The average molecular weight is 365 g/mol. The predicted octanol–water partition coefficient (Wildman–Crippen LogP) is 5.30. The molecule has 0 saturated carbocycles. The molecule has 1 aliphatic carbocycles. The Kier molecular flexibility index (Phi) is 4.63. The van der Waals surface area contributed by atoms with Crippen molar-refractivity contribution in [2.24, 2.45) is 5.92 Å². The van der Waals surface area contributed by atoms with E-state index in [1.54, 1.807) is 12.1 Å². The summed E-state index contributed by atoms with van der Waals surface area (Å²) in [7, 11) is 0. The van der Waals surface area contributed by atoms with E-state index in [-0.39, 0.29) is 5.91 Å². The first kappa shape index (κ1) is 16.3. The van der Waals surface area contributed by atoms with Crippen molar-refractivity contribution in [3.05, 3.63) is 49.8 Å². The lowest BCUT2D eigenvalue weighted by Gasteiger charge is -2.17. The lowest BCUT2D eigenvalue weighted by molar-refractivity contribution is 0.102. The molecule has 23 heavy (non-hydrogen) atoms. The summed E-state index contributed by atoms with van der Waals surface area (Å²) in [6.45, 7) is 2.21. The van der Waals surface area contributed by atoms with Gasteiger partial charge in [0.2, 0.25) is 0 Å². The van der Waals surface area contributed by atoms with E-state index < -0.39 is 0 Å². The maximum Gasteiger partial charge on any atom is 0.257 e. The number of benzene rings is 1. The van der Waals surface area contributed by atoms with Crippen LogP contribution < -0.4 is 5.32 Å². The van der Waals surface area contributed by atoms with E-state index in [2.05, 4.69) is 18.3 Å². The van der Waals surface area contributed by atoms with Crippen LogP contribution in [0.1, 0.15) is 39.7 Å². The molecule has 1 N–H and O–H groups in total. The normalized spacial score (nSPS) is 16.5. The number of hydrogen-bond donors (Lipinski definition) is 1. The summed E-state index contributed by atoms with van der Waals surface area (Å²) in [6.07, 6.45) is 2.94. The largest absolute Gasteiger partial charge is 0.312 e. The van der Waals surface area contributed by atoms with Crippen LogP contribution in [0, 0.1) is 17.2 Å². The van der Waals surface area contributed by atoms with Gasteiger partial charge in [-0.3, -0.25) is 4.79 Å². The number of nitrogens with zero attached hydrogens (tertiary/aromatic N) is 1. The summed E-state index contributed by atoms with van der Waals surface area (Å²) < 4.78 is 0. The van der Waals surface area contributed by atoms with Crippen LogP contribution in [0.5, 0.6) is 0 Å². The summed E-state index contributed by atoms with van der Waals surface area (Å²) in [4.78, 5) is 13.7. The highest BCUT2D eigenvalue weighted by Crippen LogP contribution is 2.39. The summed E-state index contributed by atoms with van der Waals surface area (Å²) in [5.74, 6) is 0.289. The number of rotatable bonds is 2. The molecule has 1 aromatic carbocycles. The topological polar surface area (TPSA) is 52.9 Å². The van der Waals surface area contributed by atoms with Crippen LogP contribution >= 0.6 is 34.5 Å². The molecule has 6 heteroatoms. The van der Waals surface area contributed by atoms with Gasteiger partial charge in [-0.05, 0) is 48.9 Å². The highest BCUT2D eigenvalue weighted by Gasteiger charge is 2.25. The number of carbonyl (C=O) groups is 1. The van der Waals surface area contributed by atoms with Gasteiger partial charge in [0, 0.05) is 9.90 Å². The lowest BCUT2D eigenvalue weighted by atomic mass is 9.88. The van der Waals surface area contributed by atoms with Crippen molar-refractivity contribution in [2.75, 3.05) is 5.32 Å². The Morgan fingerprint density at radius 1 is 1.43 bits per heavy atom. The maximum absolute atomic E-state index is 12.5. The molecule has 3 rings (SSSR count). The van der Waals surface area contributed by atoms with Gasteiger partial charge in [-0.25, -0.2) is 0 Å². The average Bonchev–Trinajstić information content (AvgIpc) is 2.82. The molecule has 0 bridgehead atoms. The second-order valence-corrected chi connectivity index (χ2v) is 7.69. The molecule has 118 valence electrons. The van der Waals surface area contributed by atoms with Crippen molar-refractivity contribution in [2.45, 2.75) is 26.2 Å². The molecule has 0 saturated heterocycles. The fraction of sp³-hybridized carbons (Fsp3) is 0.294. The molecular formula is C17H14Cl2N2OS. The molecule has 0 fully saturated rings. The van der Waals surface area contributed by atoms with Crippen LogP contribution in [0.4, 0.5) is 5.00 Å². The first-order valence-electron chi connectivity index (χ1n) is 7.30. The maximum atomic E-state index is 12.5. The van der Waals surface area contributed by atoms with Gasteiger partial charge < -0.3 is 5.32 Å². The van der Waals surface area contributed by atoms with Gasteiger partial charge >= 0.3 is 0 Å². The quantitative estimate of drug-likeness (QED) is 0.785. The fourth-order valence-corrected chi connectivity index (χ4v) is 4.65. The zero-order valence-electron chi connectivity index (χ0n) is 12.5. The Balaban J connectivity index is 1.91. The molecule has 1 aliphatic rings. The van der Waals surface area contributed by atoms with Crippen LogP contribution in [-0.2, 0) is 12.8 Å². The third kappa shape index (κ3) is 3.23. The summed E-state index contributed by atoms with van der Waals surface area (Å²) >= 11 is 13.4. The van der Waals surface area contributed by atoms with Gasteiger partial charge in [-0.15, -0.1) is 11.3 Å². The van der Waals surface area contributed by atoms with Crippen LogP contribution in [0.15, 0.2) is 18.2 Å². The van der Waals surface area contributed by atoms with Crippen molar-refractivity contribution in [1.29, 1.82) is 5.26 Å². The Bertz CT molecular complexity index is 823. The van der Waals surface area contributed by atoms with Crippen molar-refractivity contribution in [3.63, 3.8) is 0 Å². The molecule has 0 aliphatic heterocycles. The van der Waals surface area contributed by atoms with E-state index in [1.807, 2.05) is 0 Å². The van der Waals surface area contributed by atoms with Gasteiger partial charge in [0.25, 0.3) is 5.91 Å². The van der Waals surface area contributed by atoms with Crippen LogP contribution in [0.2, 0.25) is 10.0 Å². The van der Waals surface area contributed by atoms with E-state index in [4.69, 9.17) is 23.2 Å². The Labute approximate surface area is 148 Å². The first-order chi connectivity index (χ1) is 11.0. The Hall–Kier alpha value is -1.54. The van der Waals surface area contributed by atoms with Crippen LogP contribution in [0.3, 0.4) is 0 Å². The number of halogens is 2. The molecule has 1 heterocycles. The highest BCUT2D eigenvalue weighted by atomic mass is 35.5. The molecule has 0 radical (unpaired) electrons. The Morgan fingerprint density at radius 2 is 2.22 bits per heavy atom. The zero-order valence-corrected chi connectivity index (χ0v) is 14.8. The number of hydrogen-bond acceptors (Lipinski definition) is 3. The summed E-state index contributed by atoms with van der Waals surface area (Å²) in [5.41, 5.74) is 2.03. The molecule has 1 aromatic heterocycles. The molecule has 1 amide bonds. The monoisotopic (exact) mass is 364 g/mol. The highest BCUT2D eigenvalue weighted by molar-refractivity contribution is 7.16. The number of thiophene rings is 1. The van der Waals surface area contributed by atoms with Crippen molar-refractivity contribution in [3.8, 4) is 6.07 Å². The third-order valence-corrected chi connectivity index (χ3v) is 5.74. The first-order valence-corrected chi connectivity index (χ1v) is 8.88. The zero-order chi connectivity index (χ0) is 16.6. The standard InChI is InChI=1S/C17H14Cl2N2OS/c1-9-2-4-11-13(8-20)17(23-15(11)6-9)21-16(22)12-5-3-10(18)7-14(12)19/h3,5,7,9H,2,4,6H2,1H3,(H,21,22)/t9-/m1/s1. The molecule has 3 nitrogen and oxygen atoms in total. The van der Waals surface area contributed by atoms with E-state index in [0.29, 0.717) is 32.1 Å². The van der Waals surface area contributed by atoms with Gasteiger partial charge in [0.1, 0.15) is 11.1 Å². The fourth-order valence-electron chi connectivity index (χ4n) is 2.80. The molecule has 0 spiro atoms. The number of nitrogens with one attached hydrogen (secondary N) is 1. The van der Waals surface area contributed by atoms with Gasteiger partial charge in [0.05, 0.1) is 16.1 Å². The molecule has 1 atom stereocenters. The van der Waals surface area contributed by atoms with Crippen molar-refractivity contribution in [1.82, 2.24) is 0 Å². The SMILES string of the molecule is C[C@@H]1CCc2c(sc(NC(=O)c3ccc(Cl)cc3Cl)c2C#N)C1. The Morgan fingerprint density at radius 3 is 2.91 bits per heavy atom. The van der Waals surface area contributed by atoms with Crippen molar-refractivity contribution >= 4 is 45.4 Å². The van der Waals surface area contributed by atoms with Crippen LogP contribution in [-0.4, -0.2) is 5.91 Å². The van der Waals surface area contributed by atoms with E-state index >= 15 is 0 Å². The second kappa shape index (κ2) is 6.52. The molecule has 2 aromatic rings. The van der Waals surface area contributed by atoms with Crippen LogP contribution in [0.25, 0.3) is 0 Å². The number of anilines is 1. The second-order valence-electron chi connectivity index (χ2n) is 5.75. The number of nitriles is 1. The lowest BCUT2D eigenvalue weighted by Crippen LogP contribution is -2.12. The summed E-state index contributed by atoms with van der Waals surface area (Å²) in [6, 6.07) is 6.98. The van der Waals surface area contributed by atoms with Gasteiger partial charge in [-0.2, -0.15) is 5.26 Å². The van der Waals surface area contributed by atoms with E-state index in [0.717, 1.165) is 24.8 Å². The van der Waals surface area contributed by atoms with Crippen molar-refractivity contribution < 1.29 is 4.79 Å². The number of carbonyl (C=O) groups excluding carboxylic acids is 1. The van der Waals surface area contributed by atoms with Gasteiger partial charge in [-0.1, -0.05) is 30.1 Å². The van der Waals surface area contributed by atoms with Gasteiger partial charge in [0.15, 0.2) is 0 Å². The number of fused-ring (bicyclic) bond motifs is 1.